The summed E-state index contributed by atoms with van der Waals surface area (Å²) in [6, 6.07) is 16.1. The number of hydrogen-bond acceptors (Lipinski definition) is 4. The summed E-state index contributed by atoms with van der Waals surface area (Å²) in [5.41, 5.74) is 2.00. The van der Waals surface area contributed by atoms with E-state index in [9.17, 15) is 18.3 Å². The lowest BCUT2D eigenvalue weighted by atomic mass is 10.00. The molecule has 3 rings (SSSR count). The summed E-state index contributed by atoms with van der Waals surface area (Å²) in [7, 11) is -3.22. The van der Waals surface area contributed by atoms with E-state index in [1.807, 2.05) is 30.3 Å². The van der Waals surface area contributed by atoms with Crippen LogP contribution in [0, 0.1) is 0 Å². The minimum absolute atomic E-state index is 0.0595. The van der Waals surface area contributed by atoms with Crippen LogP contribution in [0.25, 0.3) is 0 Å². The fraction of sp³-hybridized carbons (Fsp3) is 0.316. The number of carbonyl (C=O) groups excluding carboxylic acids is 1. The van der Waals surface area contributed by atoms with Gasteiger partial charge in [0.1, 0.15) is 0 Å². The number of carbonyl (C=O) groups is 1. The third-order valence-corrected chi connectivity index (χ3v) is 6.39. The molecule has 0 radical (unpaired) electrons. The van der Waals surface area contributed by atoms with Gasteiger partial charge in [-0.1, -0.05) is 30.3 Å². The fourth-order valence-electron chi connectivity index (χ4n) is 3.04. The molecule has 6 nitrogen and oxygen atoms in total. The van der Waals surface area contributed by atoms with Crippen LogP contribution in [-0.4, -0.2) is 44.9 Å². The van der Waals surface area contributed by atoms with Gasteiger partial charge in [-0.05, 0) is 36.2 Å². The Labute approximate surface area is 153 Å². The Bertz CT molecular complexity index is 851. The summed E-state index contributed by atoms with van der Waals surface area (Å²) in [5.74, 6) is -0.263. The van der Waals surface area contributed by atoms with E-state index in [-0.39, 0.29) is 24.2 Å². The summed E-state index contributed by atoms with van der Waals surface area (Å²) in [5, 5.41) is 12.4. The molecule has 1 unspecified atom stereocenters. The Morgan fingerprint density at radius 2 is 1.81 bits per heavy atom. The van der Waals surface area contributed by atoms with Crippen molar-refractivity contribution in [3.63, 3.8) is 0 Å². The van der Waals surface area contributed by atoms with E-state index in [0.29, 0.717) is 30.8 Å². The number of aliphatic hydroxyl groups is 1. The zero-order chi connectivity index (χ0) is 18.6. The third-order valence-electron chi connectivity index (χ3n) is 4.52. The van der Waals surface area contributed by atoms with Crippen molar-refractivity contribution in [2.45, 2.75) is 12.3 Å². The second-order valence-electron chi connectivity index (χ2n) is 6.29. The van der Waals surface area contributed by atoms with Gasteiger partial charge in [-0.2, -0.15) is 0 Å². The molecule has 1 heterocycles. The Morgan fingerprint density at radius 1 is 1.12 bits per heavy atom. The zero-order valence-corrected chi connectivity index (χ0v) is 15.2. The molecule has 1 atom stereocenters. The molecule has 2 N–H and O–H groups in total. The number of anilines is 1. The number of hydrogen-bond donors (Lipinski definition) is 2. The van der Waals surface area contributed by atoms with Crippen LogP contribution in [-0.2, 0) is 10.0 Å². The van der Waals surface area contributed by atoms with E-state index >= 15 is 0 Å². The predicted octanol–water partition coefficient (Wildman–Crippen LogP) is 1.73. The SMILES string of the molecule is O=C(NCC(CO)c1ccccc1)c1ccc(N2CCCS2(=O)=O)cc1. The molecule has 1 fully saturated rings. The smallest absolute Gasteiger partial charge is 0.251 e. The predicted molar refractivity (Wildman–Crippen MR) is 101 cm³/mol. The van der Waals surface area contributed by atoms with Crippen molar-refractivity contribution in [1.29, 1.82) is 0 Å². The van der Waals surface area contributed by atoms with Crippen LogP contribution in [0.5, 0.6) is 0 Å². The first-order chi connectivity index (χ1) is 12.5. The molecule has 1 amide bonds. The van der Waals surface area contributed by atoms with Gasteiger partial charge >= 0.3 is 0 Å². The van der Waals surface area contributed by atoms with Crippen molar-refractivity contribution >= 4 is 21.6 Å². The van der Waals surface area contributed by atoms with E-state index in [2.05, 4.69) is 5.32 Å². The molecule has 1 aliphatic heterocycles. The van der Waals surface area contributed by atoms with Crippen LogP contribution in [0.4, 0.5) is 5.69 Å². The molecule has 26 heavy (non-hydrogen) atoms. The molecule has 2 aromatic rings. The second-order valence-corrected chi connectivity index (χ2v) is 8.30. The number of sulfonamides is 1. The van der Waals surface area contributed by atoms with Crippen LogP contribution >= 0.6 is 0 Å². The van der Waals surface area contributed by atoms with Crippen molar-refractivity contribution in [1.82, 2.24) is 5.32 Å². The molecule has 0 aliphatic carbocycles. The number of nitrogens with zero attached hydrogens (tertiary/aromatic N) is 1. The lowest BCUT2D eigenvalue weighted by Crippen LogP contribution is -2.30. The Kier molecular flexibility index (Phi) is 5.58. The molecular weight excluding hydrogens is 352 g/mol. The van der Waals surface area contributed by atoms with Crippen LogP contribution in [0.2, 0.25) is 0 Å². The summed E-state index contributed by atoms with van der Waals surface area (Å²) in [4.78, 5) is 12.3. The molecule has 138 valence electrons. The number of benzene rings is 2. The van der Waals surface area contributed by atoms with Gasteiger partial charge in [0, 0.05) is 24.6 Å². The molecule has 7 heteroatoms. The normalized spacial score (nSPS) is 17.0. The molecule has 0 aromatic heterocycles. The van der Waals surface area contributed by atoms with E-state index in [4.69, 9.17) is 0 Å². The maximum absolute atomic E-state index is 12.3. The minimum Gasteiger partial charge on any atom is -0.396 e. The van der Waals surface area contributed by atoms with Gasteiger partial charge in [0.15, 0.2) is 0 Å². The van der Waals surface area contributed by atoms with Gasteiger partial charge in [-0.3, -0.25) is 9.10 Å². The highest BCUT2D eigenvalue weighted by Crippen LogP contribution is 2.24. The van der Waals surface area contributed by atoms with Gasteiger partial charge in [0.25, 0.3) is 5.91 Å². The first-order valence-electron chi connectivity index (χ1n) is 8.56. The highest BCUT2D eigenvalue weighted by atomic mass is 32.2. The van der Waals surface area contributed by atoms with Crippen LogP contribution in [0.15, 0.2) is 54.6 Å². The number of amides is 1. The highest BCUT2D eigenvalue weighted by molar-refractivity contribution is 7.93. The standard InChI is InChI=1S/C19H22N2O4S/c22-14-17(15-5-2-1-3-6-15)13-20-19(23)16-7-9-18(10-8-16)21-11-4-12-26(21,24)25/h1-3,5-10,17,22H,4,11-14H2,(H,20,23). The molecule has 0 saturated carbocycles. The highest BCUT2D eigenvalue weighted by Gasteiger charge is 2.28. The average Bonchev–Trinajstić information content (AvgIpc) is 3.02. The fourth-order valence-corrected chi connectivity index (χ4v) is 4.60. The lowest BCUT2D eigenvalue weighted by molar-refractivity contribution is 0.0947. The van der Waals surface area contributed by atoms with Crippen molar-refractivity contribution in [2.24, 2.45) is 0 Å². The first-order valence-corrected chi connectivity index (χ1v) is 10.2. The molecular formula is C19H22N2O4S. The molecule has 0 bridgehead atoms. The average molecular weight is 374 g/mol. The number of nitrogens with one attached hydrogen (secondary N) is 1. The summed E-state index contributed by atoms with van der Waals surface area (Å²) in [6.07, 6.45) is 0.618. The van der Waals surface area contributed by atoms with E-state index in [1.54, 1.807) is 24.3 Å². The van der Waals surface area contributed by atoms with Crippen molar-refractivity contribution < 1.29 is 18.3 Å². The van der Waals surface area contributed by atoms with Gasteiger partial charge in [0.05, 0.1) is 18.0 Å². The Hall–Kier alpha value is -2.38. The summed E-state index contributed by atoms with van der Waals surface area (Å²) in [6.45, 7) is 0.737. The number of rotatable bonds is 6. The van der Waals surface area contributed by atoms with Gasteiger partial charge in [0.2, 0.25) is 10.0 Å². The summed E-state index contributed by atoms with van der Waals surface area (Å²) < 4.78 is 25.3. The Balaban J connectivity index is 1.63. The van der Waals surface area contributed by atoms with Crippen molar-refractivity contribution in [2.75, 3.05) is 29.8 Å². The zero-order valence-electron chi connectivity index (χ0n) is 14.3. The van der Waals surface area contributed by atoms with E-state index in [0.717, 1.165) is 5.56 Å². The van der Waals surface area contributed by atoms with Crippen LogP contribution in [0.1, 0.15) is 28.3 Å². The Morgan fingerprint density at radius 3 is 2.38 bits per heavy atom. The molecule has 1 saturated heterocycles. The molecule has 1 aliphatic rings. The quantitative estimate of drug-likeness (QED) is 0.806. The van der Waals surface area contributed by atoms with Gasteiger partial charge in [-0.15, -0.1) is 0 Å². The molecule has 0 spiro atoms. The van der Waals surface area contributed by atoms with Crippen LogP contribution in [0.3, 0.4) is 0 Å². The lowest BCUT2D eigenvalue weighted by Gasteiger charge is -2.18. The topological polar surface area (TPSA) is 86.7 Å². The second kappa shape index (κ2) is 7.88. The van der Waals surface area contributed by atoms with Crippen molar-refractivity contribution in [3.8, 4) is 0 Å². The third kappa shape index (κ3) is 4.05. The number of aliphatic hydroxyl groups excluding tert-OH is 1. The maximum atomic E-state index is 12.3. The molecule has 2 aromatic carbocycles. The van der Waals surface area contributed by atoms with Crippen molar-refractivity contribution in [3.05, 3.63) is 65.7 Å². The summed E-state index contributed by atoms with van der Waals surface area (Å²) >= 11 is 0. The van der Waals surface area contributed by atoms with E-state index in [1.165, 1.54) is 4.31 Å². The van der Waals surface area contributed by atoms with E-state index < -0.39 is 10.0 Å². The van der Waals surface area contributed by atoms with Gasteiger partial charge in [-0.25, -0.2) is 8.42 Å². The first kappa shape index (κ1) is 18.4. The monoisotopic (exact) mass is 374 g/mol. The maximum Gasteiger partial charge on any atom is 0.251 e. The minimum atomic E-state index is -3.22. The van der Waals surface area contributed by atoms with Crippen LogP contribution < -0.4 is 9.62 Å². The van der Waals surface area contributed by atoms with Gasteiger partial charge < -0.3 is 10.4 Å². The largest absolute Gasteiger partial charge is 0.396 e.